The molecule has 1 aromatic heterocycles. The third-order valence-electron chi connectivity index (χ3n) is 7.14. The van der Waals surface area contributed by atoms with Crippen LogP contribution >= 0.6 is 0 Å². The molecule has 1 fully saturated rings. The summed E-state index contributed by atoms with van der Waals surface area (Å²) in [6.45, 7) is 6.03. The standard InChI is InChI=1S/C30H39N3O3/c1-22(2)19-33(30(35)24-8-4-5-9-24)21-29(34)32(20-23-12-14-26(36-3)15-13-23)17-16-25-18-31-28-11-7-6-10-27(25)28/h6-7,10-15,18,22,24,31H,4-5,8-9,16-17,19-21H2,1-3H3. The monoisotopic (exact) mass is 489 g/mol. The van der Waals surface area contributed by atoms with Crippen LogP contribution < -0.4 is 4.74 Å². The first kappa shape index (κ1) is 25.8. The molecule has 4 rings (SSSR count). The number of aromatic nitrogens is 1. The van der Waals surface area contributed by atoms with Crippen molar-refractivity contribution in [2.45, 2.75) is 52.5 Å². The highest BCUT2D eigenvalue weighted by Crippen LogP contribution is 2.27. The molecule has 1 aliphatic carbocycles. The number of fused-ring (bicyclic) bond motifs is 1. The van der Waals surface area contributed by atoms with Crippen molar-refractivity contribution >= 4 is 22.7 Å². The molecular weight excluding hydrogens is 450 g/mol. The quantitative estimate of drug-likeness (QED) is 0.391. The Balaban J connectivity index is 1.51. The highest BCUT2D eigenvalue weighted by molar-refractivity contribution is 5.86. The zero-order chi connectivity index (χ0) is 25.5. The van der Waals surface area contributed by atoms with E-state index in [4.69, 9.17) is 4.74 Å². The number of para-hydroxylation sites is 1. The fourth-order valence-corrected chi connectivity index (χ4v) is 5.20. The summed E-state index contributed by atoms with van der Waals surface area (Å²) in [6.07, 6.45) is 6.87. The molecule has 0 bridgehead atoms. The minimum Gasteiger partial charge on any atom is -0.497 e. The summed E-state index contributed by atoms with van der Waals surface area (Å²) in [7, 11) is 1.65. The highest BCUT2D eigenvalue weighted by atomic mass is 16.5. The topological polar surface area (TPSA) is 65.6 Å². The van der Waals surface area contributed by atoms with Gasteiger partial charge in [0.2, 0.25) is 11.8 Å². The van der Waals surface area contributed by atoms with Crippen molar-refractivity contribution in [1.29, 1.82) is 0 Å². The first-order valence-corrected chi connectivity index (χ1v) is 13.2. The number of carbonyl (C=O) groups excluding carboxylic acids is 2. The lowest BCUT2D eigenvalue weighted by atomic mass is 10.1. The van der Waals surface area contributed by atoms with E-state index in [2.05, 4.69) is 31.0 Å². The van der Waals surface area contributed by atoms with Gasteiger partial charge < -0.3 is 19.5 Å². The number of aromatic amines is 1. The van der Waals surface area contributed by atoms with Crippen LogP contribution in [0.5, 0.6) is 5.75 Å². The Morgan fingerprint density at radius 3 is 2.44 bits per heavy atom. The smallest absolute Gasteiger partial charge is 0.242 e. The van der Waals surface area contributed by atoms with Crippen LogP contribution in [0.3, 0.4) is 0 Å². The second-order valence-corrected chi connectivity index (χ2v) is 10.4. The van der Waals surface area contributed by atoms with Gasteiger partial charge in [-0.2, -0.15) is 0 Å². The van der Waals surface area contributed by atoms with E-state index in [1.165, 1.54) is 10.9 Å². The summed E-state index contributed by atoms with van der Waals surface area (Å²) in [6, 6.07) is 16.1. The van der Waals surface area contributed by atoms with Crippen LogP contribution in [0.15, 0.2) is 54.7 Å². The number of carbonyl (C=O) groups is 2. The summed E-state index contributed by atoms with van der Waals surface area (Å²) in [5.74, 6) is 1.32. The van der Waals surface area contributed by atoms with Crippen molar-refractivity contribution in [1.82, 2.24) is 14.8 Å². The molecule has 0 atom stereocenters. The number of hydrogen-bond acceptors (Lipinski definition) is 3. The SMILES string of the molecule is COc1ccc(CN(CCc2c[nH]c3ccccc23)C(=O)CN(CC(C)C)C(=O)C2CCCC2)cc1. The number of benzene rings is 2. The second-order valence-electron chi connectivity index (χ2n) is 10.4. The number of ether oxygens (including phenoxy) is 1. The van der Waals surface area contributed by atoms with Gasteiger partial charge in [-0.05, 0) is 54.5 Å². The third-order valence-corrected chi connectivity index (χ3v) is 7.14. The third kappa shape index (κ3) is 6.48. The van der Waals surface area contributed by atoms with Crippen molar-refractivity contribution in [2.24, 2.45) is 11.8 Å². The van der Waals surface area contributed by atoms with E-state index in [0.717, 1.165) is 48.9 Å². The minimum absolute atomic E-state index is 0.00217. The number of amides is 2. The Hall–Kier alpha value is -3.28. The van der Waals surface area contributed by atoms with Crippen LogP contribution in [0.25, 0.3) is 10.9 Å². The number of nitrogens with zero attached hydrogens (tertiary/aromatic N) is 2. The number of methoxy groups -OCH3 is 1. The van der Waals surface area contributed by atoms with Gasteiger partial charge in [-0.3, -0.25) is 9.59 Å². The van der Waals surface area contributed by atoms with Crippen molar-refractivity contribution in [2.75, 3.05) is 26.7 Å². The molecule has 0 spiro atoms. The Bertz CT molecular complexity index is 1150. The molecule has 0 aliphatic heterocycles. The van der Waals surface area contributed by atoms with E-state index in [1.807, 2.05) is 52.4 Å². The normalized spacial score (nSPS) is 13.9. The molecule has 1 heterocycles. The fourth-order valence-electron chi connectivity index (χ4n) is 5.20. The summed E-state index contributed by atoms with van der Waals surface area (Å²) in [5.41, 5.74) is 3.34. The summed E-state index contributed by atoms with van der Waals surface area (Å²) in [4.78, 5) is 34.1. The van der Waals surface area contributed by atoms with Crippen LogP contribution in [0.4, 0.5) is 0 Å². The fraction of sp³-hybridized carbons (Fsp3) is 0.467. The molecule has 2 aromatic carbocycles. The molecule has 1 N–H and O–H groups in total. The first-order chi connectivity index (χ1) is 17.4. The molecule has 6 nitrogen and oxygen atoms in total. The lowest BCUT2D eigenvalue weighted by Crippen LogP contribution is -2.46. The van der Waals surface area contributed by atoms with Crippen molar-refractivity contribution in [3.8, 4) is 5.75 Å². The zero-order valence-corrected chi connectivity index (χ0v) is 21.8. The maximum Gasteiger partial charge on any atom is 0.242 e. The predicted molar refractivity (Wildman–Crippen MR) is 144 cm³/mol. The van der Waals surface area contributed by atoms with Crippen molar-refractivity contribution in [3.05, 3.63) is 65.9 Å². The molecule has 0 unspecified atom stereocenters. The molecule has 6 heteroatoms. The van der Waals surface area contributed by atoms with Gasteiger partial charge in [0.15, 0.2) is 0 Å². The Morgan fingerprint density at radius 1 is 1.03 bits per heavy atom. The zero-order valence-electron chi connectivity index (χ0n) is 21.8. The maximum atomic E-state index is 13.7. The summed E-state index contributed by atoms with van der Waals surface area (Å²) >= 11 is 0. The molecule has 192 valence electrons. The van der Waals surface area contributed by atoms with Crippen LogP contribution in [0.2, 0.25) is 0 Å². The summed E-state index contributed by atoms with van der Waals surface area (Å²) < 4.78 is 5.30. The van der Waals surface area contributed by atoms with E-state index in [9.17, 15) is 9.59 Å². The average molecular weight is 490 g/mol. The van der Waals surface area contributed by atoms with E-state index in [0.29, 0.717) is 25.6 Å². The number of hydrogen-bond donors (Lipinski definition) is 1. The van der Waals surface area contributed by atoms with E-state index in [1.54, 1.807) is 7.11 Å². The van der Waals surface area contributed by atoms with Gasteiger partial charge in [-0.1, -0.05) is 57.0 Å². The second kappa shape index (κ2) is 12.1. The van der Waals surface area contributed by atoms with Crippen LogP contribution in [0.1, 0.15) is 50.7 Å². The van der Waals surface area contributed by atoms with Gasteiger partial charge >= 0.3 is 0 Å². The molecule has 0 radical (unpaired) electrons. The first-order valence-electron chi connectivity index (χ1n) is 13.2. The predicted octanol–water partition coefficient (Wildman–Crippen LogP) is 5.42. The van der Waals surface area contributed by atoms with Gasteiger partial charge in [0.05, 0.1) is 13.7 Å². The van der Waals surface area contributed by atoms with Gasteiger partial charge in [0.1, 0.15) is 5.75 Å². The minimum atomic E-state index is -0.00217. The van der Waals surface area contributed by atoms with E-state index >= 15 is 0 Å². The number of nitrogens with one attached hydrogen (secondary N) is 1. The lowest BCUT2D eigenvalue weighted by molar-refractivity contribution is -0.143. The van der Waals surface area contributed by atoms with Crippen molar-refractivity contribution in [3.63, 3.8) is 0 Å². The van der Waals surface area contributed by atoms with Crippen LogP contribution in [0, 0.1) is 11.8 Å². The molecule has 0 saturated heterocycles. The molecule has 2 amide bonds. The Kier molecular flexibility index (Phi) is 8.68. The van der Waals surface area contributed by atoms with Gasteiger partial charge in [0, 0.05) is 42.7 Å². The van der Waals surface area contributed by atoms with Gasteiger partial charge in [0.25, 0.3) is 0 Å². The molecule has 1 saturated carbocycles. The lowest BCUT2D eigenvalue weighted by Gasteiger charge is -2.30. The van der Waals surface area contributed by atoms with Crippen LogP contribution in [-0.4, -0.2) is 53.3 Å². The van der Waals surface area contributed by atoms with Gasteiger partial charge in [-0.15, -0.1) is 0 Å². The number of H-pyrrole nitrogens is 1. The average Bonchev–Trinajstić information content (AvgIpc) is 3.56. The van der Waals surface area contributed by atoms with Crippen molar-refractivity contribution < 1.29 is 14.3 Å². The number of rotatable bonds is 11. The van der Waals surface area contributed by atoms with E-state index < -0.39 is 0 Å². The molecule has 1 aliphatic rings. The van der Waals surface area contributed by atoms with E-state index in [-0.39, 0.29) is 24.3 Å². The molecule has 36 heavy (non-hydrogen) atoms. The Morgan fingerprint density at radius 2 is 1.75 bits per heavy atom. The largest absolute Gasteiger partial charge is 0.497 e. The Labute approximate surface area is 214 Å². The summed E-state index contributed by atoms with van der Waals surface area (Å²) in [5, 5.41) is 1.19. The van der Waals surface area contributed by atoms with Crippen LogP contribution in [-0.2, 0) is 22.6 Å². The molecule has 3 aromatic rings. The highest BCUT2D eigenvalue weighted by Gasteiger charge is 2.30. The maximum absolute atomic E-state index is 13.7. The molecular formula is C30H39N3O3. The van der Waals surface area contributed by atoms with Gasteiger partial charge in [-0.25, -0.2) is 0 Å².